The lowest BCUT2D eigenvalue weighted by Crippen LogP contribution is -2.36. The summed E-state index contributed by atoms with van der Waals surface area (Å²) >= 11 is 6.16. The van der Waals surface area contributed by atoms with Crippen LogP contribution in [0.25, 0.3) is 27.9 Å². The maximum Gasteiger partial charge on any atom is 0.433 e. The smallest absolute Gasteiger partial charge is 0.342 e. The van der Waals surface area contributed by atoms with Crippen molar-refractivity contribution in [2.75, 3.05) is 13.1 Å². The highest BCUT2D eigenvalue weighted by atomic mass is 35.5. The molecule has 0 bridgehead atoms. The van der Waals surface area contributed by atoms with Crippen molar-refractivity contribution in [1.29, 1.82) is 0 Å². The van der Waals surface area contributed by atoms with Crippen molar-refractivity contribution in [2.24, 2.45) is 0 Å². The number of carbonyl (C=O) groups is 1. The standard InChI is InChI=1S/C33H28ClF4N11O/c34-25-5-7-27(49-20-41-44-45-49)31(32(25)35)23-4-6-26(40-15-23)28(19-47-17-21(14-42-47)12-30(50)46-10-2-1-3-11-46)48-18-24(16-43-48)22-8-9-39-29(13-22)33(36,37)38/h4-9,13-18,20,28H,1-3,10-12,19H2/p+1. The summed E-state index contributed by atoms with van der Waals surface area (Å²) in [5, 5.41) is 19.0. The molecule has 0 saturated carbocycles. The Kier molecular flexibility index (Phi) is 9.10. The van der Waals surface area contributed by atoms with Crippen LogP contribution in [-0.4, -0.2) is 69.0 Å². The van der Waals surface area contributed by atoms with Crippen LogP contribution in [0.5, 0.6) is 0 Å². The van der Waals surface area contributed by atoms with Gasteiger partial charge in [0.05, 0.1) is 41.6 Å². The van der Waals surface area contributed by atoms with E-state index in [4.69, 9.17) is 11.6 Å². The molecular formula is C33H29ClF4N11O+. The van der Waals surface area contributed by atoms with Crippen molar-refractivity contribution in [2.45, 2.75) is 44.4 Å². The fraction of sp³-hybridized carbons (Fsp3) is 0.273. The second kappa shape index (κ2) is 13.8. The Labute approximate surface area is 287 Å². The van der Waals surface area contributed by atoms with Crippen LogP contribution in [0, 0.1) is 5.82 Å². The van der Waals surface area contributed by atoms with Crippen LogP contribution in [0.1, 0.15) is 42.3 Å². The maximum absolute atomic E-state index is 15.5. The number of amides is 1. The van der Waals surface area contributed by atoms with Gasteiger partial charge in [0.15, 0.2) is 11.0 Å². The largest absolute Gasteiger partial charge is 0.433 e. The number of hydrogen-bond donors (Lipinski definition) is 1. The summed E-state index contributed by atoms with van der Waals surface area (Å²) in [6.45, 7) is 1.71. The summed E-state index contributed by atoms with van der Waals surface area (Å²) in [6.07, 6.45) is 9.21. The Morgan fingerprint density at radius 2 is 1.80 bits per heavy atom. The van der Waals surface area contributed by atoms with Crippen LogP contribution in [0.2, 0.25) is 5.02 Å². The molecule has 1 amide bonds. The number of piperidine rings is 1. The highest BCUT2D eigenvalue weighted by Gasteiger charge is 2.33. The van der Waals surface area contributed by atoms with Crippen molar-refractivity contribution in [3.63, 3.8) is 0 Å². The van der Waals surface area contributed by atoms with Crippen LogP contribution in [-0.2, 0) is 23.9 Å². The molecule has 50 heavy (non-hydrogen) atoms. The molecule has 0 radical (unpaired) electrons. The normalized spacial score (nSPS) is 14.2. The first kappa shape index (κ1) is 33.0. The lowest BCUT2D eigenvalue weighted by molar-refractivity contribution is -0.659. The lowest BCUT2D eigenvalue weighted by Gasteiger charge is -2.26. The number of aromatic amines is 1. The number of halogens is 5. The lowest BCUT2D eigenvalue weighted by atomic mass is 10.0. The number of likely N-dealkylation sites (tertiary alicyclic amines) is 1. The van der Waals surface area contributed by atoms with Gasteiger partial charge >= 0.3 is 6.18 Å². The van der Waals surface area contributed by atoms with Gasteiger partial charge in [0, 0.05) is 49.0 Å². The Bertz CT molecular complexity index is 2110. The van der Waals surface area contributed by atoms with Crippen LogP contribution in [0.3, 0.4) is 0 Å². The maximum atomic E-state index is 15.5. The van der Waals surface area contributed by atoms with E-state index in [9.17, 15) is 18.0 Å². The predicted octanol–water partition coefficient (Wildman–Crippen LogP) is 5.25. The molecule has 1 fully saturated rings. The molecule has 5 aromatic heterocycles. The molecule has 17 heteroatoms. The van der Waals surface area contributed by atoms with Gasteiger partial charge in [-0.15, -0.1) is 4.68 Å². The third kappa shape index (κ3) is 6.96. The van der Waals surface area contributed by atoms with Gasteiger partial charge < -0.3 is 4.90 Å². The van der Waals surface area contributed by atoms with Gasteiger partial charge in [-0.25, -0.2) is 4.39 Å². The molecule has 0 aliphatic carbocycles. The minimum Gasteiger partial charge on any atom is -0.342 e. The van der Waals surface area contributed by atoms with E-state index in [1.165, 1.54) is 35.5 Å². The van der Waals surface area contributed by atoms with E-state index in [1.807, 2.05) is 4.90 Å². The summed E-state index contributed by atoms with van der Waals surface area (Å²) < 4.78 is 60.4. The van der Waals surface area contributed by atoms with E-state index in [-0.39, 0.29) is 35.0 Å². The molecule has 1 atom stereocenters. The summed E-state index contributed by atoms with van der Waals surface area (Å²) in [5.41, 5.74) is 1.94. The van der Waals surface area contributed by atoms with Crippen LogP contribution < -0.4 is 4.68 Å². The van der Waals surface area contributed by atoms with Crippen LogP contribution in [0.4, 0.5) is 17.6 Å². The van der Waals surface area contributed by atoms with Gasteiger partial charge in [0.1, 0.15) is 22.5 Å². The van der Waals surface area contributed by atoms with Crippen molar-refractivity contribution in [3.8, 4) is 27.9 Å². The molecule has 1 unspecified atom stereocenters. The van der Waals surface area contributed by atoms with Crippen molar-refractivity contribution < 1.29 is 27.0 Å². The summed E-state index contributed by atoms with van der Waals surface area (Å²) in [7, 11) is 0. The quantitative estimate of drug-likeness (QED) is 0.161. The first-order valence-corrected chi connectivity index (χ1v) is 16.1. The number of benzene rings is 1. The third-order valence-corrected chi connectivity index (χ3v) is 8.83. The molecule has 12 nitrogen and oxygen atoms in total. The second-order valence-corrected chi connectivity index (χ2v) is 12.3. The average Bonchev–Trinajstić information content (AvgIpc) is 3.92. The molecule has 7 rings (SSSR count). The van der Waals surface area contributed by atoms with Gasteiger partial charge in [-0.3, -0.25) is 24.1 Å². The molecular weight excluding hydrogens is 678 g/mol. The monoisotopic (exact) mass is 706 g/mol. The van der Waals surface area contributed by atoms with E-state index in [0.29, 0.717) is 22.5 Å². The zero-order chi connectivity index (χ0) is 34.8. The zero-order valence-corrected chi connectivity index (χ0v) is 27.1. The highest BCUT2D eigenvalue weighted by molar-refractivity contribution is 6.31. The molecule has 1 saturated heterocycles. The molecule has 1 N–H and O–H groups in total. The Hall–Kier alpha value is -5.51. The molecule has 1 aromatic carbocycles. The SMILES string of the molecule is O=C(Cc1cnn(CC(c2ccc(-c3c(-[n+]4cnn[nH]4)ccc(Cl)c3F)cn2)n2cc(-c3ccnc(C(F)(F)F)c3)cn2)c1)N1CCCCC1. The molecule has 0 spiro atoms. The molecule has 1 aliphatic rings. The topological polar surface area (TPSA) is 127 Å². The molecule has 1 aliphatic heterocycles. The van der Waals surface area contributed by atoms with E-state index in [0.717, 1.165) is 50.2 Å². The van der Waals surface area contributed by atoms with E-state index in [2.05, 4.69) is 35.7 Å². The number of nitrogens with one attached hydrogen (secondary N) is 1. The van der Waals surface area contributed by atoms with Gasteiger partial charge in [-0.2, -0.15) is 23.4 Å². The first-order valence-electron chi connectivity index (χ1n) is 15.7. The summed E-state index contributed by atoms with van der Waals surface area (Å²) in [6, 6.07) is 8.27. The summed E-state index contributed by atoms with van der Waals surface area (Å²) in [4.78, 5) is 22.9. The third-order valence-electron chi connectivity index (χ3n) is 8.54. The number of alkyl halides is 3. The fourth-order valence-electron chi connectivity index (χ4n) is 6.00. The number of aromatic nitrogens is 10. The van der Waals surface area contributed by atoms with Gasteiger partial charge in [-0.1, -0.05) is 22.9 Å². The number of nitrogens with zero attached hydrogens (tertiary/aromatic N) is 10. The van der Waals surface area contributed by atoms with E-state index < -0.39 is 23.7 Å². The average molecular weight is 707 g/mol. The summed E-state index contributed by atoms with van der Waals surface area (Å²) in [5.74, 6) is -0.616. The van der Waals surface area contributed by atoms with Crippen LogP contribution >= 0.6 is 11.6 Å². The van der Waals surface area contributed by atoms with Crippen LogP contribution in [0.15, 0.2) is 79.9 Å². The van der Waals surface area contributed by atoms with Crippen molar-refractivity contribution >= 4 is 17.5 Å². The predicted molar refractivity (Wildman–Crippen MR) is 171 cm³/mol. The zero-order valence-electron chi connectivity index (χ0n) is 26.3. The highest BCUT2D eigenvalue weighted by Crippen LogP contribution is 2.33. The number of carbonyl (C=O) groups excluding carboxylic acids is 1. The minimum atomic E-state index is -4.61. The van der Waals surface area contributed by atoms with Crippen molar-refractivity contribution in [1.82, 2.24) is 50.0 Å². The Morgan fingerprint density at radius 1 is 0.960 bits per heavy atom. The number of hydrogen-bond acceptors (Lipinski definition) is 7. The number of pyridine rings is 2. The fourth-order valence-corrected chi connectivity index (χ4v) is 6.16. The minimum absolute atomic E-state index is 0.0436. The molecule has 6 heterocycles. The van der Waals surface area contributed by atoms with E-state index in [1.54, 1.807) is 46.2 Å². The number of rotatable bonds is 9. The van der Waals surface area contributed by atoms with Gasteiger partial charge in [-0.05, 0) is 60.7 Å². The number of H-pyrrole nitrogens is 1. The Balaban J connectivity index is 1.22. The second-order valence-electron chi connectivity index (χ2n) is 11.9. The molecule has 6 aromatic rings. The number of tetrazole rings is 1. The first-order chi connectivity index (χ1) is 24.1. The molecule has 256 valence electrons. The van der Waals surface area contributed by atoms with Gasteiger partial charge in [0.2, 0.25) is 5.91 Å². The van der Waals surface area contributed by atoms with Gasteiger partial charge in [0.25, 0.3) is 6.33 Å². The van der Waals surface area contributed by atoms with Crippen molar-refractivity contribution in [3.05, 3.63) is 108 Å². The van der Waals surface area contributed by atoms with E-state index >= 15 is 4.39 Å². The Morgan fingerprint density at radius 3 is 2.54 bits per heavy atom.